The molecule has 12 heavy (non-hydrogen) atoms. The third-order valence-corrected chi connectivity index (χ3v) is 2.43. The van der Waals surface area contributed by atoms with Crippen LogP contribution in [0.3, 0.4) is 0 Å². The molecule has 62 valence electrons. The molecule has 0 aliphatic heterocycles. The molecule has 0 spiro atoms. The normalized spacial score (nSPS) is 19.0. The van der Waals surface area contributed by atoms with Gasteiger partial charge in [-0.3, -0.25) is 0 Å². The van der Waals surface area contributed by atoms with E-state index in [1.807, 2.05) is 18.2 Å². The number of nitriles is 3. The highest BCUT2D eigenvalue weighted by molar-refractivity contribution is 5.12. The predicted octanol–water partition coefficient (Wildman–Crippen LogP) is 1.84. The fraction of sp³-hybridized carbons (Fsp3) is 0.667. The Balaban J connectivity index is 4.88. The van der Waals surface area contributed by atoms with Crippen LogP contribution in [0, 0.1) is 51.2 Å². The van der Waals surface area contributed by atoms with Crippen molar-refractivity contribution in [2.75, 3.05) is 0 Å². The summed E-state index contributed by atoms with van der Waals surface area (Å²) in [6.07, 6.45) is 0. The summed E-state index contributed by atoms with van der Waals surface area (Å²) in [6.45, 7) is 4.98. The molecule has 0 bridgehead atoms. The van der Waals surface area contributed by atoms with Crippen LogP contribution in [-0.2, 0) is 0 Å². The molecule has 0 heterocycles. The van der Waals surface area contributed by atoms with Gasteiger partial charge in [-0.25, -0.2) is 0 Å². The van der Waals surface area contributed by atoms with Gasteiger partial charge in [0.1, 0.15) is 0 Å². The Bertz CT molecular complexity index is 254. The Kier molecular flexibility index (Phi) is 3.27. The molecule has 0 aromatic carbocycles. The van der Waals surface area contributed by atoms with Crippen molar-refractivity contribution in [2.45, 2.75) is 20.8 Å². The predicted molar refractivity (Wildman–Crippen MR) is 43.3 cm³/mol. The van der Waals surface area contributed by atoms with Gasteiger partial charge in [0.25, 0.3) is 0 Å². The van der Waals surface area contributed by atoms with Gasteiger partial charge in [0.15, 0.2) is 0 Å². The molecular formula is C9H11N3. The largest absolute Gasteiger partial charge is 0.198 e. The summed E-state index contributed by atoms with van der Waals surface area (Å²) < 4.78 is 0. The van der Waals surface area contributed by atoms with E-state index in [0.29, 0.717) is 0 Å². The van der Waals surface area contributed by atoms with Crippen molar-refractivity contribution < 1.29 is 0 Å². The zero-order valence-corrected chi connectivity index (χ0v) is 7.50. The topological polar surface area (TPSA) is 71.4 Å². The van der Waals surface area contributed by atoms with Crippen LogP contribution in [0.1, 0.15) is 20.8 Å². The van der Waals surface area contributed by atoms with E-state index < -0.39 is 17.3 Å². The van der Waals surface area contributed by atoms with Gasteiger partial charge in [0, 0.05) is 0 Å². The van der Waals surface area contributed by atoms with Gasteiger partial charge in [0.2, 0.25) is 0 Å². The van der Waals surface area contributed by atoms with Gasteiger partial charge in [-0.2, -0.15) is 15.8 Å². The van der Waals surface area contributed by atoms with Crippen molar-refractivity contribution in [1.82, 2.24) is 0 Å². The molecule has 0 amide bonds. The average Bonchev–Trinajstić information content (AvgIpc) is 2.13. The highest BCUT2D eigenvalue weighted by atomic mass is 14.4. The minimum absolute atomic E-state index is 0.419. The Hall–Kier alpha value is -1.53. The van der Waals surface area contributed by atoms with Crippen LogP contribution in [0.4, 0.5) is 0 Å². The van der Waals surface area contributed by atoms with Crippen molar-refractivity contribution in [1.29, 1.82) is 15.8 Å². The quantitative estimate of drug-likeness (QED) is 0.620. The Labute approximate surface area is 72.8 Å². The summed E-state index contributed by atoms with van der Waals surface area (Å²) in [5.74, 6) is -0.839. The first-order chi connectivity index (χ1) is 5.52. The zero-order valence-electron chi connectivity index (χ0n) is 7.50. The van der Waals surface area contributed by atoms with E-state index in [9.17, 15) is 0 Å². The number of nitrogens with zero attached hydrogens (tertiary/aromatic N) is 3. The average molecular weight is 161 g/mol. The lowest BCUT2D eigenvalue weighted by Crippen LogP contribution is -2.29. The molecular weight excluding hydrogens is 150 g/mol. The van der Waals surface area contributed by atoms with Crippen LogP contribution < -0.4 is 0 Å². The van der Waals surface area contributed by atoms with E-state index in [4.69, 9.17) is 15.8 Å². The van der Waals surface area contributed by atoms with E-state index in [1.165, 1.54) is 0 Å². The molecule has 3 heteroatoms. The Morgan fingerprint density at radius 3 is 1.50 bits per heavy atom. The number of rotatable bonds is 2. The van der Waals surface area contributed by atoms with Crippen molar-refractivity contribution in [3.63, 3.8) is 0 Å². The lowest BCUT2D eigenvalue weighted by molar-refractivity contribution is 0.276. The minimum Gasteiger partial charge on any atom is -0.198 e. The smallest absolute Gasteiger partial charge is 0.0855 e. The van der Waals surface area contributed by atoms with E-state index in [1.54, 1.807) is 20.8 Å². The van der Waals surface area contributed by atoms with Gasteiger partial charge in [-0.05, 0) is 20.8 Å². The van der Waals surface area contributed by atoms with Gasteiger partial charge in [-0.15, -0.1) is 0 Å². The third-order valence-electron chi connectivity index (χ3n) is 2.43. The lowest BCUT2D eigenvalue weighted by Gasteiger charge is -2.25. The van der Waals surface area contributed by atoms with E-state index in [-0.39, 0.29) is 0 Å². The molecule has 0 saturated heterocycles. The number of hydrogen-bond donors (Lipinski definition) is 0. The van der Waals surface area contributed by atoms with E-state index in [0.717, 1.165) is 0 Å². The first kappa shape index (κ1) is 10.5. The summed E-state index contributed by atoms with van der Waals surface area (Å²) >= 11 is 0. The Morgan fingerprint density at radius 1 is 1.00 bits per heavy atom. The molecule has 0 N–H and O–H groups in total. The van der Waals surface area contributed by atoms with Gasteiger partial charge in [0.05, 0.1) is 35.5 Å². The molecule has 0 aromatic heterocycles. The van der Waals surface area contributed by atoms with Crippen molar-refractivity contribution >= 4 is 0 Å². The van der Waals surface area contributed by atoms with Gasteiger partial charge >= 0.3 is 0 Å². The second-order valence-corrected chi connectivity index (χ2v) is 3.10. The van der Waals surface area contributed by atoms with E-state index in [2.05, 4.69) is 0 Å². The van der Waals surface area contributed by atoms with Crippen LogP contribution in [0.2, 0.25) is 0 Å². The fourth-order valence-corrected chi connectivity index (χ4v) is 0.837. The van der Waals surface area contributed by atoms with Crippen LogP contribution in [-0.4, -0.2) is 0 Å². The Morgan fingerprint density at radius 2 is 1.33 bits per heavy atom. The van der Waals surface area contributed by atoms with Crippen LogP contribution >= 0.6 is 0 Å². The second kappa shape index (κ2) is 3.74. The maximum atomic E-state index is 8.84. The van der Waals surface area contributed by atoms with Crippen molar-refractivity contribution in [2.24, 2.45) is 17.3 Å². The van der Waals surface area contributed by atoms with Crippen molar-refractivity contribution in [3.8, 4) is 18.2 Å². The summed E-state index contributed by atoms with van der Waals surface area (Å²) in [7, 11) is 0. The zero-order chi connectivity index (χ0) is 9.78. The molecule has 0 aromatic rings. The SMILES string of the molecule is CC(C#N)C(C)(C#N)C(C)C#N. The molecule has 0 saturated carbocycles. The molecule has 2 unspecified atom stereocenters. The first-order valence-corrected chi connectivity index (χ1v) is 3.73. The lowest BCUT2D eigenvalue weighted by atomic mass is 9.71. The monoisotopic (exact) mass is 161 g/mol. The molecule has 0 aliphatic carbocycles. The first-order valence-electron chi connectivity index (χ1n) is 3.73. The highest BCUT2D eigenvalue weighted by Gasteiger charge is 2.37. The summed E-state index contributed by atoms with van der Waals surface area (Å²) in [6, 6.07) is 6.03. The van der Waals surface area contributed by atoms with Gasteiger partial charge in [-0.1, -0.05) is 0 Å². The summed E-state index contributed by atoms with van der Waals surface area (Å²) in [4.78, 5) is 0. The maximum Gasteiger partial charge on any atom is 0.0855 e. The van der Waals surface area contributed by atoms with Crippen LogP contribution in [0.25, 0.3) is 0 Å². The minimum atomic E-state index is -0.858. The molecule has 0 rings (SSSR count). The molecule has 0 aliphatic rings. The number of hydrogen-bond acceptors (Lipinski definition) is 3. The van der Waals surface area contributed by atoms with Gasteiger partial charge < -0.3 is 0 Å². The molecule has 3 nitrogen and oxygen atoms in total. The standard InChI is InChI=1S/C9H11N3/c1-7(4-10)9(3,6-12)8(2)5-11/h7-8H,1-3H3. The third kappa shape index (κ3) is 1.55. The summed E-state index contributed by atoms with van der Waals surface area (Å²) in [5.41, 5.74) is -0.858. The maximum absolute atomic E-state index is 8.84. The van der Waals surface area contributed by atoms with Crippen molar-refractivity contribution in [3.05, 3.63) is 0 Å². The van der Waals surface area contributed by atoms with Crippen LogP contribution in [0.15, 0.2) is 0 Å². The van der Waals surface area contributed by atoms with E-state index >= 15 is 0 Å². The highest BCUT2D eigenvalue weighted by Crippen LogP contribution is 2.33. The second-order valence-electron chi connectivity index (χ2n) is 3.10. The molecule has 0 fully saturated rings. The fourth-order valence-electron chi connectivity index (χ4n) is 0.837. The van der Waals surface area contributed by atoms with Crippen LogP contribution in [0.5, 0.6) is 0 Å². The molecule has 2 atom stereocenters. The summed E-state index contributed by atoms with van der Waals surface area (Å²) in [5, 5.41) is 26.1. The molecule has 0 radical (unpaired) electrons.